The number of imidazole rings is 1. The third-order valence-electron chi connectivity index (χ3n) is 2.44. The first-order valence-electron chi connectivity index (χ1n) is 5.50. The van der Waals surface area contributed by atoms with Crippen LogP contribution in [0.25, 0.3) is 0 Å². The molecule has 0 saturated carbocycles. The summed E-state index contributed by atoms with van der Waals surface area (Å²) in [5.74, 6) is -0.275. The lowest BCUT2D eigenvalue weighted by molar-refractivity contribution is -0.396. The highest BCUT2D eigenvalue weighted by Gasteiger charge is 2.19. The maximum Gasteiger partial charge on any atom is 0.434 e. The lowest BCUT2D eigenvalue weighted by Crippen LogP contribution is -2.28. The molecule has 1 amide bonds. The minimum atomic E-state index is -0.589. The van der Waals surface area contributed by atoms with E-state index in [-0.39, 0.29) is 12.6 Å². The number of hydrogen-bond acceptors (Lipinski definition) is 5. The molecule has 8 nitrogen and oxygen atoms in total. The van der Waals surface area contributed by atoms with E-state index in [0.29, 0.717) is 12.2 Å². The summed E-state index contributed by atoms with van der Waals surface area (Å²) >= 11 is 0. The molecule has 1 aromatic rings. The molecule has 0 aromatic carbocycles. The monoisotopic (exact) mass is 256 g/mol. The molecule has 100 valence electrons. The van der Waals surface area contributed by atoms with Crippen LogP contribution < -0.4 is 0 Å². The summed E-state index contributed by atoms with van der Waals surface area (Å²) in [5, 5.41) is 10.6. The first-order chi connectivity index (χ1) is 8.47. The predicted molar refractivity (Wildman–Crippen MR) is 63.0 cm³/mol. The Morgan fingerprint density at radius 1 is 1.67 bits per heavy atom. The molecule has 0 aliphatic carbocycles. The van der Waals surface area contributed by atoms with Crippen molar-refractivity contribution >= 4 is 12.0 Å². The fraction of sp³-hybridized carbons (Fsp3) is 0.600. The molecule has 0 spiro atoms. The Morgan fingerprint density at radius 3 is 2.83 bits per heavy atom. The van der Waals surface area contributed by atoms with Gasteiger partial charge in [-0.05, 0) is 11.3 Å². The van der Waals surface area contributed by atoms with Gasteiger partial charge in [0.15, 0.2) is 12.3 Å². The number of nitro groups is 1. The molecule has 0 saturated heterocycles. The minimum absolute atomic E-state index is 0.0375. The highest BCUT2D eigenvalue weighted by Crippen LogP contribution is 2.11. The van der Waals surface area contributed by atoms with Gasteiger partial charge < -0.3 is 19.8 Å². The largest absolute Gasteiger partial charge is 0.441 e. The van der Waals surface area contributed by atoms with Crippen molar-refractivity contribution in [2.75, 3.05) is 13.6 Å². The maximum absolute atomic E-state index is 11.5. The number of ether oxygens (including phenoxy) is 1. The summed E-state index contributed by atoms with van der Waals surface area (Å²) in [4.78, 5) is 26.6. The van der Waals surface area contributed by atoms with Crippen LogP contribution in [0.15, 0.2) is 6.20 Å². The third kappa shape index (κ3) is 3.19. The number of carbonyl (C=O) groups excluding carboxylic acids is 1. The van der Waals surface area contributed by atoms with Crippen LogP contribution in [0.5, 0.6) is 0 Å². The van der Waals surface area contributed by atoms with E-state index in [1.54, 1.807) is 7.05 Å². The van der Waals surface area contributed by atoms with Crippen molar-refractivity contribution in [3.05, 3.63) is 22.0 Å². The van der Waals surface area contributed by atoms with Gasteiger partial charge in [0, 0.05) is 13.6 Å². The van der Waals surface area contributed by atoms with Crippen molar-refractivity contribution in [3.63, 3.8) is 0 Å². The summed E-state index contributed by atoms with van der Waals surface area (Å²) in [6.45, 7) is 2.52. The highest BCUT2D eigenvalue weighted by molar-refractivity contribution is 5.67. The number of amides is 1. The van der Waals surface area contributed by atoms with Crippen LogP contribution in [0.4, 0.5) is 10.7 Å². The number of rotatable bonds is 5. The summed E-state index contributed by atoms with van der Waals surface area (Å²) in [5.41, 5.74) is 0.472. The summed E-state index contributed by atoms with van der Waals surface area (Å²) in [6.07, 6.45) is 1.70. The van der Waals surface area contributed by atoms with Gasteiger partial charge in [-0.3, -0.25) is 0 Å². The lowest BCUT2D eigenvalue weighted by atomic mass is 10.4. The van der Waals surface area contributed by atoms with E-state index in [0.717, 1.165) is 6.42 Å². The molecule has 0 N–H and O–H groups in total. The van der Waals surface area contributed by atoms with Gasteiger partial charge in [0.25, 0.3) is 0 Å². The predicted octanol–water partition coefficient (Wildman–Crippen LogP) is 1.31. The van der Waals surface area contributed by atoms with Crippen molar-refractivity contribution in [1.82, 2.24) is 14.5 Å². The summed E-state index contributed by atoms with van der Waals surface area (Å²) < 4.78 is 6.30. The van der Waals surface area contributed by atoms with E-state index < -0.39 is 11.0 Å². The molecule has 0 fully saturated rings. The number of nitrogens with zero attached hydrogens (tertiary/aromatic N) is 4. The topological polar surface area (TPSA) is 90.5 Å². The molecule has 1 rings (SSSR count). The van der Waals surface area contributed by atoms with E-state index in [1.165, 1.54) is 22.7 Å². The van der Waals surface area contributed by atoms with Gasteiger partial charge in [0.05, 0.1) is 7.05 Å². The van der Waals surface area contributed by atoms with Crippen LogP contribution in [-0.4, -0.2) is 39.1 Å². The fourth-order valence-corrected chi connectivity index (χ4v) is 1.41. The average Bonchev–Trinajstić information content (AvgIpc) is 2.68. The molecule has 1 aromatic heterocycles. The molecule has 0 atom stereocenters. The number of aromatic nitrogens is 2. The Morgan fingerprint density at radius 2 is 2.33 bits per heavy atom. The Hall–Kier alpha value is -2.12. The van der Waals surface area contributed by atoms with Crippen LogP contribution in [0.2, 0.25) is 0 Å². The Balaban J connectivity index is 2.59. The second-order valence-electron chi connectivity index (χ2n) is 3.84. The molecule has 0 radical (unpaired) electrons. The Kier molecular flexibility index (Phi) is 4.64. The molecule has 8 heteroatoms. The number of carbonyl (C=O) groups is 1. The first kappa shape index (κ1) is 13.9. The maximum atomic E-state index is 11.5. The first-order valence-corrected chi connectivity index (χ1v) is 5.50. The summed E-state index contributed by atoms with van der Waals surface area (Å²) in [6, 6.07) is 0. The van der Waals surface area contributed by atoms with Gasteiger partial charge in [-0.2, -0.15) is 0 Å². The molecule has 0 bridgehead atoms. The molecular formula is C10H16N4O4. The van der Waals surface area contributed by atoms with Gasteiger partial charge >= 0.3 is 12.0 Å². The fourth-order valence-electron chi connectivity index (χ4n) is 1.41. The normalized spacial score (nSPS) is 10.2. The van der Waals surface area contributed by atoms with Gasteiger partial charge in [-0.1, -0.05) is 11.9 Å². The second-order valence-corrected chi connectivity index (χ2v) is 3.84. The van der Waals surface area contributed by atoms with E-state index in [9.17, 15) is 14.9 Å². The quantitative estimate of drug-likeness (QED) is 0.585. The van der Waals surface area contributed by atoms with Crippen molar-refractivity contribution in [1.29, 1.82) is 0 Å². The van der Waals surface area contributed by atoms with E-state index in [4.69, 9.17) is 4.74 Å². The molecular weight excluding hydrogens is 240 g/mol. The van der Waals surface area contributed by atoms with Crippen LogP contribution in [0.3, 0.4) is 0 Å². The van der Waals surface area contributed by atoms with Crippen LogP contribution >= 0.6 is 0 Å². The Bertz CT molecular complexity index is 443. The van der Waals surface area contributed by atoms with Crippen molar-refractivity contribution in [2.45, 2.75) is 20.0 Å². The third-order valence-corrected chi connectivity index (χ3v) is 2.44. The zero-order valence-electron chi connectivity index (χ0n) is 10.6. The van der Waals surface area contributed by atoms with E-state index in [2.05, 4.69) is 4.98 Å². The van der Waals surface area contributed by atoms with Crippen molar-refractivity contribution in [2.24, 2.45) is 7.05 Å². The second kappa shape index (κ2) is 5.99. The van der Waals surface area contributed by atoms with E-state index >= 15 is 0 Å². The van der Waals surface area contributed by atoms with Gasteiger partial charge in [-0.25, -0.2) is 9.36 Å². The molecule has 0 unspecified atom stereocenters. The lowest BCUT2D eigenvalue weighted by Gasteiger charge is -2.15. The average molecular weight is 256 g/mol. The van der Waals surface area contributed by atoms with Crippen LogP contribution in [0, 0.1) is 10.1 Å². The molecule has 18 heavy (non-hydrogen) atoms. The van der Waals surface area contributed by atoms with Crippen LogP contribution in [-0.2, 0) is 18.4 Å². The van der Waals surface area contributed by atoms with E-state index in [1.807, 2.05) is 6.92 Å². The zero-order valence-corrected chi connectivity index (χ0v) is 10.6. The number of hydrogen-bond donors (Lipinski definition) is 0. The SMILES string of the molecule is CCCN(C)C(=O)OCc1cnc([N+](=O)[O-])n1C. The molecule has 0 aliphatic rings. The standard InChI is InChI=1S/C10H16N4O4/c1-4-5-12(2)10(15)18-7-8-6-11-9(13(8)3)14(16)17/h6H,4-5,7H2,1-3H3. The summed E-state index contributed by atoms with van der Waals surface area (Å²) in [7, 11) is 3.14. The van der Waals surface area contributed by atoms with Crippen molar-refractivity contribution in [3.8, 4) is 0 Å². The molecule has 0 aliphatic heterocycles. The van der Waals surface area contributed by atoms with Gasteiger partial charge in [0.1, 0.15) is 6.20 Å². The smallest absolute Gasteiger partial charge is 0.434 e. The van der Waals surface area contributed by atoms with Gasteiger partial charge in [0.2, 0.25) is 0 Å². The van der Waals surface area contributed by atoms with Crippen LogP contribution in [0.1, 0.15) is 19.0 Å². The van der Waals surface area contributed by atoms with Crippen molar-refractivity contribution < 1.29 is 14.5 Å². The Labute approximate surface area is 104 Å². The van der Waals surface area contributed by atoms with Gasteiger partial charge in [-0.15, -0.1) is 0 Å². The minimum Gasteiger partial charge on any atom is -0.441 e. The highest BCUT2D eigenvalue weighted by atomic mass is 16.6. The zero-order chi connectivity index (χ0) is 13.7. The molecule has 1 heterocycles.